The van der Waals surface area contributed by atoms with Gasteiger partial charge in [0, 0.05) is 29.4 Å². The molecular weight excluding hydrogens is 508 g/mol. The lowest BCUT2D eigenvalue weighted by Gasteiger charge is -2.23. The topological polar surface area (TPSA) is 91.5 Å². The van der Waals surface area contributed by atoms with Crippen LogP contribution in [-0.2, 0) is 0 Å². The van der Waals surface area contributed by atoms with Crippen molar-refractivity contribution in [2.45, 2.75) is 52.1 Å². The molecule has 1 atom stereocenters. The molecular formula is C28H28ClF2N7. The molecule has 2 N–H and O–H groups in total. The molecule has 1 saturated carbocycles. The van der Waals surface area contributed by atoms with Crippen molar-refractivity contribution in [3.05, 3.63) is 76.2 Å². The van der Waals surface area contributed by atoms with Crippen molar-refractivity contribution in [1.29, 1.82) is 5.26 Å². The lowest BCUT2D eigenvalue weighted by Crippen LogP contribution is -2.20. The number of halogens is 3. The fraction of sp³-hybridized carbons (Fsp3) is 0.357. The van der Waals surface area contributed by atoms with Crippen LogP contribution in [0, 0.1) is 16.7 Å². The number of fused-ring (bicyclic) bond motifs is 1. The van der Waals surface area contributed by atoms with Crippen LogP contribution in [0.4, 0.5) is 20.2 Å². The Hall–Kier alpha value is -3.77. The highest BCUT2D eigenvalue weighted by Crippen LogP contribution is 2.39. The Labute approximate surface area is 226 Å². The highest BCUT2D eigenvalue weighted by atomic mass is 35.5. The van der Waals surface area contributed by atoms with Crippen LogP contribution < -0.4 is 10.6 Å². The van der Waals surface area contributed by atoms with Crippen LogP contribution in [0.3, 0.4) is 0 Å². The van der Waals surface area contributed by atoms with Crippen molar-refractivity contribution in [3.63, 3.8) is 0 Å². The molecule has 2 aromatic heterocycles. The third-order valence-corrected chi connectivity index (χ3v) is 6.55. The molecule has 0 spiro atoms. The third kappa shape index (κ3) is 5.41. The lowest BCUT2D eigenvalue weighted by molar-refractivity contribution is 0.150. The van der Waals surface area contributed by atoms with E-state index in [1.54, 1.807) is 29.1 Å². The average Bonchev–Trinajstić information content (AvgIpc) is 3.62. The van der Waals surface area contributed by atoms with Crippen molar-refractivity contribution in [2.75, 3.05) is 17.2 Å². The highest BCUT2D eigenvalue weighted by molar-refractivity contribution is 6.35. The summed E-state index contributed by atoms with van der Waals surface area (Å²) in [5, 5.41) is 25.5. The number of aromatic nitrogens is 4. The van der Waals surface area contributed by atoms with Crippen LogP contribution in [-0.4, -0.2) is 26.5 Å². The van der Waals surface area contributed by atoms with Crippen LogP contribution in [0.5, 0.6) is 0 Å². The second-order valence-corrected chi connectivity index (χ2v) is 11.0. The fourth-order valence-electron chi connectivity index (χ4n) is 4.20. The Kier molecular flexibility index (Phi) is 6.58. The minimum atomic E-state index is -2.80. The molecule has 0 unspecified atom stereocenters. The number of nitrogens with zero attached hydrogens (tertiary/aromatic N) is 5. The van der Waals surface area contributed by atoms with E-state index in [9.17, 15) is 15.4 Å². The molecule has 0 amide bonds. The molecule has 4 aromatic rings. The van der Waals surface area contributed by atoms with E-state index in [1.807, 2.05) is 0 Å². The van der Waals surface area contributed by atoms with Crippen molar-refractivity contribution in [2.24, 2.45) is 5.41 Å². The molecule has 5 rings (SSSR count). The maximum atomic E-state index is 14.1. The van der Waals surface area contributed by atoms with Gasteiger partial charge in [0.15, 0.2) is 0 Å². The van der Waals surface area contributed by atoms with Crippen molar-refractivity contribution in [1.82, 2.24) is 20.0 Å². The van der Waals surface area contributed by atoms with Crippen molar-refractivity contribution in [3.8, 4) is 6.07 Å². The largest absolute Gasteiger partial charge is 0.383 e. The van der Waals surface area contributed by atoms with Gasteiger partial charge >= 0.3 is 0 Å². The van der Waals surface area contributed by atoms with Gasteiger partial charge in [-0.2, -0.15) is 5.26 Å². The number of rotatable bonds is 8. The number of hydrogen-bond acceptors (Lipinski definition) is 6. The number of anilines is 2. The van der Waals surface area contributed by atoms with Gasteiger partial charge < -0.3 is 10.6 Å². The predicted molar refractivity (Wildman–Crippen MR) is 145 cm³/mol. The molecule has 2 aromatic carbocycles. The summed E-state index contributed by atoms with van der Waals surface area (Å²) < 4.78 is 39.5. The van der Waals surface area contributed by atoms with E-state index in [1.165, 1.54) is 24.4 Å². The number of pyridine rings is 1. The van der Waals surface area contributed by atoms with Crippen LogP contribution >= 0.6 is 11.6 Å². The number of hydrogen-bond donors (Lipinski definition) is 2. The van der Waals surface area contributed by atoms with Gasteiger partial charge in [-0.1, -0.05) is 61.9 Å². The summed E-state index contributed by atoms with van der Waals surface area (Å²) in [6.45, 7) is 6.78. The van der Waals surface area contributed by atoms with Gasteiger partial charge in [0.2, 0.25) is 0 Å². The molecule has 38 heavy (non-hydrogen) atoms. The second-order valence-electron chi connectivity index (χ2n) is 10.6. The Balaban J connectivity index is 1.66. The number of benzene rings is 2. The molecule has 1 fully saturated rings. The van der Waals surface area contributed by atoms with Gasteiger partial charge in [0.05, 0.1) is 41.4 Å². The summed E-state index contributed by atoms with van der Waals surface area (Å²) in [5.74, 6) is 0. The molecule has 0 saturated heterocycles. The summed E-state index contributed by atoms with van der Waals surface area (Å²) >= 11 is 6.65. The highest BCUT2D eigenvalue weighted by Gasteiger charge is 2.29. The zero-order valence-corrected chi connectivity index (χ0v) is 22.0. The molecule has 7 nitrogen and oxygen atoms in total. The summed E-state index contributed by atoms with van der Waals surface area (Å²) in [6, 6.07) is 9.69. The molecule has 1 aliphatic carbocycles. The average molecular weight is 537 g/mol. The van der Waals surface area contributed by atoms with Crippen LogP contribution in [0.1, 0.15) is 75.9 Å². The fourth-order valence-corrected chi connectivity index (χ4v) is 4.47. The zero-order valence-electron chi connectivity index (χ0n) is 22.3. The van der Waals surface area contributed by atoms with Crippen molar-refractivity contribution >= 4 is 33.9 Å². The van der Waals surface area contributed by atoms with Crippen LogP contribution in [0.15, 0.2) is 48.8 Å². The first-order valence-corrected chi connectivity index (χ1v) is 12.7. The third-order valence-electron chi connectivity index (χ3n) is 6.26. The van der Waals surface area contributed by atoms with Gasteiger partial charge in [-0.25, -0.2) is 13.5 Å². The van der Waals surface area contributed by atoms with Gasteiger partial charge in [0.1, 0.15) is 11.8 Å². The maximum Gasteiger partial charge on any atom is 0.264 e. The molecule has 0 aliphatic heterocycles. The Bertz CT molecular complexity index is 1570. The molecule has 10 heteroatoms. The van der Waals surface area contributed by atoms with E-state index in [-0.39, 0.29) is 33.3 Å². The monoisotopic (exact) mass is 536 g/mol. The standard InChI is InChI=1S/C28H28ClF2N7/c1-28(2,3)15-34-24-16(12-32)13-33-25-21(24)10-17(11-22(25)29)35-26(19-6-4-5-7-20(19)27(30)31)23-14-38(37-36-23)18-8-9-18/h4-7,10-11,13-14,18,26-27,35H,8-9,15H2,1-3H3,(H,33,34)/t26-/m1/s1/i26D. The molecule has 1 aliphatic rings. The smallest absolute Gasteiger partial charge is 0.264 e. The summed E-state index contributed by atoms with van der Waals surface area (Å²) in [6.07, 6.45) is 2.20. The Morgan fingerprint density at radius 3 is 2.63 bits per heavy atom. The first-order chi connectivity index (χ1) is 18.5. The van der Waals surface area contributed by atoms with Gasteiger partial charge in [-0.3, -0.25) is 4.98 Å². The SMILES string of the molecule is [2H][C@](Nc1cc(Cl)c2ncc(C#N)c(NCC(C)(C)C)c2c1)(c1cn(C2CC2)nn1)c1ccccc1C(F)F. The Morgan fingerprint density at radius 2 is 1.97 bits per heavy atom. The van der Waals surface area contributed by atoms with Crippen LogP contribution in [0.25, 0.3) is 10.9 Å². The summed E-state index contributed by atoms with van der Waals surface area (Å²) in [7, 11) is 0. The molecule has 0 bridgehead atoms. The lowest BCUT2D eigenvalue weighted by atomic mass is 9.96. The summed E-state index contributed by atoms with van der Waals surface area (Å²) in [5.41, 5.74) is 1.62. The first kappa shape index (κ1) is 24.6. The number of nitriles is 1. The minimum absolute atomic E-state index is 0.0500. The van der Waals surface area contributed by atoms with E-state index in [2.05, 4.69) is 52.8 Å². The van der Waals surface area contributed by atoms with E-state index in [0.29, 0.717) is 34.4 Å². The summed E-state index contributed by atoms with van der Waals surface area (Å²) in [4.78, 5) is 4.38. The maximum absolute atomic E-state index is 14.1. The normalized spacial score (nSPS) is 15.7. The minimum Gasteiger partial charge on any atom is -0.383 e. The Morgan fingerprint density at radius 1 is 1.24 bits per heavy atom. The van der Waals surface area contributed by atoms with E-state index < -0.39 is 12.4 Å². The van der Waals surface area contributed by atoms with Crippen molar-refractivity contribution < 1.29 is 10.2 Å². The first-order valence-electron chi connectivity index (χ1n) is 12.8. The second kappa shape index (κ2) is 10.2. The van der Waals surface area contributed by atoms with E-state index in [0.717, 1.165) is 12.8 Å². The molecule has 2 heterocycles. The van der Waals surface area contributed by atoms with E-state index >= 15 is 0 Å². The van der Waals surface area contributed by atoms with Gasteiger partial charge in [-0.15, -0.1) is 5.10 Å². The quantitative estimate of drug-likeness (QED) is 0.246. The number of alkyl halides is 2. The number of nitrogens with one attached hydrogen (secondary N) is 2. The molecule has 196 valence electrons. The van der Waals surface area contributed by atoms with Gasteiger partial charge in [0.25, 0.3) is 6.43 Å². The molecule has 0 radical (unpaired) electrons. The van der Waals surface area contributed by atoms with Crippen LogP contribution in [0.2, 0.25) is 5.02 Å². The van der Waals surface area contributed by atoms with E-state index in [4.69, 9.17) is 11.6 Å². The van der Waals surface area contributed by atoms with Gasteiger partial charge in [-0.05, 0) is 36.0 Å². The predicted octanol–water partition coefficient (Wildman–Crippen LogP) is 7.28. The zero-order chi connectivity index (χ0) is 27.9.